The Kier molecular flexibility index (Phi) is 4.97. The number of nitrogens with one attached hydrogen (secondary N) is 1. The highest BCUT2D eigenvalue weighted by molar-refractivity contribution is 7.89. The van der Waals surface area contributed by atoms with Crippen molar-refractivity contribution < 1.29 is 13.5 Å². The highest BCUT2D eigenvalue weighted by Crippen LogP contribution is 2.29. The maximum atomic E-state index is 12.2. The fourth-order valence-electron chi connectivity index (χ4n) is 2.38. The minimum Gasteiger partial charge on any atom is -0.389 e. The van der Waals surface area contributed by atoms with Crippen molar-refractivity contribution in [1.29, 1.82) is 0 Å². The Hall–Kier alpha value is -0.330. The Bertz CT molecular complexity index is 583. The molecular weight excluding hydrogens is 321 g/mol. The Morgan fingerprint density at radius 2 is 1.85 bits per heavy atom. The average Bonchev–Trinajstić information content (AvgIpc) is 2.40. The molecule has 1 aromatic rings. The van der Waals surface area contributed by atoms with Gasteiger partial charge in [0.1, 0.15) is 4.90 Å². The number of hydrogen-bond acceptors (Lipinski definition) is 3. The molecule has 2 rings (SSSR count). The summed E-state index contributed by atoms with van der Waals surface area (Å²) < 4.78 is 26.9. The van der Waals surface area contributed by atoms with Gasteiger partial charge < -0.3 is 5.11 Å². The first-order chi connectivity index (χ1) is 9.32. The van der Waals surface area contributed by atoms with Crippen molar-refractivity contribution in [1.82, 2.24) is 4.72 Å². The van der Waals surface area contributed by atoms with Gasteiger partial charge in [-0.15, -0.1) is 0 Å². The molecule has 0 atom stereocenters. The number of halogens is 2. The van der Waals surface area contributed by atoms with E-state index in [0.717, 1.165) is 19.3 Å². The second-order valence-electron chi connectivity index (χ2n) is 5.18. The van der Waals surface area contributed by atoms with E-state index in [9.17, 15) is 13.5 Å². The Morgan fingerprint density at radius 1 is 1.20 bits per heavy atom. The van der Waals surface area contributed by atoms with Crippen LogP contribution in [0.15, 0.2) is 23.1 Å². The highest BCUT2D eigenvalue weighted by atomic mass is 35.5. The zero-order valence-corrected chi connectivity index (χ0v) is 13.2. The first kappa shape index (κ1) is 16.0. The molecule has 20 heavy (non-hydrogen) atoms. The minimum absolute atomic E-state index is 0.00181. The normalized spacial score (nSPS) is 18.9. The van der Waals surface area contributed by atoms with Crippen LogP contribution in [0.1, 0.15) is 32.1 Å². The summed E-state index contributed by atoms with van der Waals surface area (Å²) in [5.74, 6) is 0. The molecular formula is C13H17Cl2NO3S. The van der Waals surface area contributed by atoms with Crippen molar-refractivity contribution >= 4 is 33.2 Å². The Balaban J connectivity index is 2.13. The van der Waals surface area contributed by atoms with E-state index in [2.05, 4.69) is 4.72 Å². The van der Waals surface area contributed by atoms with Gasteiger partial charge >= 0.3 is 0 Å². The smallest absolute Gasteiger partial charge is 0.242 e. The number of aliphatic hydroxyl groups is 1. The average molecular weight is 338 g/mol. The van der Waals surface area contributed by atoms with E-state index in [1.807, 2.05) is 0 Å². The molecule has 0 saturated heterocycles. The maximum absolute atomic E-state index is 12.2. The fourth-order valence-corrected chi connectivity index (χ4v) is 4.26. The third-order valence-corrected chi connectivity index (χ3v) is 5.68. The van der Waals surface area contributed by atoms with Gasteiger partial charge in [-0.05, 0) is 31.0 Å². The molecule has 0 bridgehead atoms. The summed E-state index contributed by atoms with van der Waals surface area (Å²) in [5, 5.41) is 10.7. The molecule has 0 radical (unpaired) electrons. The topological polar surface area (TPSA) is 66.4 Å². The van der Waals surface area contributed by atoms with E-state index in [-0.39, 0.29) is 16.5 Å². The number of benzene rings is 1. The molecule has 0 heterocycles. The quantitative estimate of drug-likeness (QED) is 0.887. The van der Waals surface area contributed by atoms with Crippen molar-refractivity contribution in [2.24, 2.45) is 0 Å². The molecule has 2 N–H and O–H groups in total. The molecule has 7 heteroatoms. The van der Waals surface area contributed by atoms with Gasteiger partial charge in [-0.1, -0.05) is 42.5 Å². The van der Waals surface area contributed by atoms with Gasteiger partial charge in [0.2, 0.25) is 10.0 Å². The molecule has 1 aliphatic carbocycles. The van der Waals surface area contributed by atoms with Crippen molar-refractivity contribution in [3.63, 3.8) is 0 Å². The van der Waals surface area contributed by atoms with Crippen molar-refractivity contribution in [3.8, 4) is 0 Å². The van der Waals surface area contributed by atoms with Gasteiger partial charge in [0.25, 0.3) is 0 Å². The van der Waals surface area contributed by atoms with Crippen LogP contribution < -0.4 is 4.72 Å². The predicted molar refractivity (Wildman–Crippen MR) is 79.7 cm³/mol. The summed E-state index contributed by atoms with van der Waals surface area (Å²) in [7, 11) is -3.78. The molecule has 0 aromatic heterocycles. The Morgan fingerprint density at radius 3 is 2.50 bits per heavy atom. The molecule has 1 saturated carbocycles. The van der Waals surface area contributed by atoms with Crippen molar-refractivity contribution in [2.45, 2.75) is 42.6 Å². The third kappa shape index (κ3) is 3.86. The lowest BCUT2D eigenvalue weighted by Gasteiger charge is -2.32. The zero-order valence-electron chi connectivity index (χ0n) is 10.9. The van der Waals surface area contributed by atoms with Crippen LogP contribution in [0.2, 0.25) is 10.0 Å². The lowest BCUT2D eigenvalue weighted by molar-refractivity contribution is 0.00945. The molecule has 0 spiro atoms. The summed E-state index contributed by atoms with van der Waals surface area (Å²) in [6, 6.07) is 4.27. The summed E-state index contributed by atoms with van der Waals surface area (Å²) >= 11 is 11.7. The SMILES string of the molecule is O=S(=O)(NCC1(O)CCCCC1)c1cc(Cl)ccc1Cl. The van der Waals surface area contributed by atoms with Crippen LogP contribution in [0.25, 0.3) is 0 Å². The largest absolute Gasteiger partial charge is 0.389 e. The first-order valence-corrected chi connectivity index (χ1v) is 8.73. The molecule has 0 amide bonds. The maximum Gasteiger partial charge on any atom is 0.242 e. The van der Waals surface area contributed by atoms with Crippen LogP contribution in [-0.2, 0) is 10.0 Å². The van der Waals surface area contributed by atoms with E-state index < -0.39 is 15.6 Å². The highest BCUT2D eigenvalue weighted by Gasteiger charge is 2.31. The number of rotatable bonds is 4. The van der Waals surface area contributed by atoms with Crippen LogP contribution >= 0.6 is 23.2 Å². The van der Waals surface area contributed by atoms with Gasteiger partial charge in [-0.2, -0.15) is 0 Å². The van der Waals surface area contributed by atoms with Crippen LogP contribution in [-0.4, -0.2) is 25.7 Å². The van der Waals surface area contributed by atoms with Gasteiger partial charge in [-0.3, -0.25) is 0 Å². The van der Waals surface area contributed by atoms with E-state index in [0.29, 0.717) is 17.9 Å². The summed E-state index contributed by atoms with van der Waals surface area (Å²) in [4.78, 5) is -0.0638. The fraction of sp³-hybridized carbons (Fsp3) is 0.538. The molecule has 4 nitrogen and oxygen atoms in total. The second-order valence-corrected chi connectivity index (χ2v) is 7.76. The molecule has 1 fully saturated rings. The van der Waals surface area contributed by atoms with Gasteiger partial charge in [0, 0.05) is 11.6 Å². The lowest BCUT2D eigenvalue weighted by Crippen LogP contribution is -2.44. The standard InChI is InChI=1S/C13H17Cl2NO3S/c14-10-4-5-11(15)12(8-10)20(18,19)16-9-13(17)6-2-1-3-7-13/h4-5,8,16-17H,1-3,6-7,9H2. The first-order valence-electron chi connectivity index (χ1n) is 6.50. The Labute approximate surface area is 129 Å². The summed E-state index contributed by atoms with van der Waals surface area (Å²) in [5.41, 5.74) is -0.962. The van der Waals surface area contributed by atoms with Crippen molar-refractivity contribution in [2.75, 3.05) is 6.54 Å². The van der Waals surface area contributed by atoms with E-state index in [1.54, 1.807) is 0 Å². The zero-order chi connectivity index (χ0) is 14.8. The lowest BCUT2D eigenvalue weighted by atomic mass is 9.85. The monoisotopic (exact) mass is 337 g/mol. The summed E-state index contributed by atoms with van der Waals surface area (Å²) in [6.45, 7) is -0.00181. The summed E-state index contributed by atoms with van der Waals surface area (Å²) in [6.07, 6.45) is 4.12. The molecule has 1 aromatic carbocycles. The minimum atomic E-state index is -3.78. The molecule has 0 unspecified atom stereocenters. The van der Waals surface area contributed by atoms with Crippen molar-refractivity contribution in [3.05, 3.63) is 28.2 Å². The van der Waals surface area contributed by atoms with E-state index in [1.165, 1.54) is 18.2 Å². The van der Waals surface area contributed by atoms with Gasteiger partial charge in [0.15, 0.2) is 0 Å². The van der Waals surface area contributed by atoms with Crippen LogP contribution in [0.3, 0.4) is 0 Å². The number of sulfonamides is 1. The molecule has 112 valence electrons. The van der Waals surface area contributed by atoms with E-state index in [4.69, 9.17) is 23.2 Å². The predicted octanol–water partition coefficient (Wildman–Crippen LogP) is 2.97. The van der Waals surface area contributed by atoms with Crippen LogP contribution in [0, 0.1) is 0 Å². The third-order valence-electron chi connectivity index (χ3n) is 3.56. The molecule has 1 aliphatic rings. The van der Waals surface area contributed by atoms with E-state index >= 15 is 0 Å². The van der Waals surface area contributed by atoms with Gasteiger partial charge in [-0.25, -0.2) is 13.1 Å². The van der Waals surface area contributed by atoms with Gasteiger partial charge in [0.05, 0.1) is 10.6 Å². The number of hydrogen-bond donors (Lipinski definition) is 2. The molecule has 0 aliphatic heterocycles. The van der Waals surface area contributed by atoms with Crippen LogP contribution in [0.4, 0.5) is 0 Å². The second kappa shape index (κ2) is 6.20. The van der Waals surface area contributed by atoms with Crippen LogP contribution in [0.5, 0.6) is 0 Å².